The Balaban J connectivity index is 0.00000210. The molecule has 1 unspecified atom stereocenters. The van der Waals surface area contributed by atoms with Crippen molar-refractivity contribution in [2.75, 3.05) is 7.11 Å². The fraction of sp³-hybridized carbons (Fsp3) is 0.600. The monoisotopic (exact) mass is 392 g/mol. The Morgan fingerprint density at radius 1 is 1.22 bits per heavy atom. The normalized spacial score (nSPS) is 20.7. The van der Waals surface area contributed by atoms with E-state index in [1.807, 2.05) is 0 Å². The highest BCUT2D eigenvalue weighted by Crippen LogP contribution is 2.36. The van der Waals surface area contributed by atoms with Crippen LogP contribution in [-0.2, 0) is 26.1 Å². The molecule has 27 heavy (non-hydrogen) atoms. The fourth-order valence-electron chi connectivity index (χ4n) is 4.54. The van der Waals surface area contributed by atoms with E-state index in [4.69, 9.17) is 15.0 Å². The number of fused-ring (bicyclic) bond motifs is 1. The molecule has 1 aliphatic heterocycles. The maximum atomic E-state index is 5.61. The van der Waals surface area contributed by atoms with Crippen molar-refractivity contribution in [3.8, 4) is 5.75 Å². The van der Waals surface area contributed by atoms with E-state index in [-0.39, 0.29) is 12.4 Å². The summed E-state index contributed by atoms with van der Waals surface area (Å²) < 4.78 is 10.6. The summed E-state index contributed by atoms with van der Waals surface area (Å²) in [7, 11) is 1.72. The highest BCUT2D eigenvalue weighted by atomic mass is 35.5. The summed E-state index contributed by atoms with van der Waals surface area (Å²) in [5.74, 6) is 2.91. The Morgan fingerprint density at radius 2 is 2.04 bits per heavy atom. The second kappa shape index (κ2) is 9.04. The van der Waals surface area contributed by atoms with Crippen LogP contribution in [0.5, 0.6) is 5.75 Å². The van der Waals surface area contributed by atoms with Gasteiger partial charge >= 0.3 is 0 Å². The second-order valence-electron chi connectivity index (χ2n) is 7.52. The van der Waals surface area contributed by atoms with E-state index in [9.17, 15) is 0 Å². The second-order valence-corrected chi connectivity index (χ2v) is 7.52. The first kappa shape index (κ1) is 20.1. The van der Waals surface area contributed by atoms with E-state index >= 15 is 0 Å². The molecule has 4 rings (SSSR count). The summed E-state index contributed by atoms with van der Waals surface area (Å²) in [6, 6.07) is 7.03. The van der Waals surface area contributed by atoms with Crippen LogP contribution < -0.4 is 10.5 Å². The van der Waals surface area contributed by atoms with Crippen LogP contribution in [0.2, 0.25) is 0 Å². The van der Waals surface area contributed by atoms with Crippen LogP contribution in [0.1, 0.15) is 54.9 Å². The zero-order valence-corrected chi connectivity index (χ0v) is 16.7. The molecule has 2 heterocycles. The number of ether oxygens (including phenoxy) is 1. The molecule has 148 valence electrons. The fourth-order valence-corrected chi connectivity index (χ4v) is 4.54. The number of aromatic nitrogens is 2. The van der Waals surface area contributed by atoms with Crippen LogP contribution >= 0.6 is 12.4 Å². The number of rotatable bonds is 5. The Kier molecular flexibility index (Phi) is 6.73. The van der Waals surface area contributed by atoms with Gasteiger partial charge in [0.2, 0.25) is 5.89 Å². The van der Waals surface area contributed by atoms with Gasteiger partial charge in [0.1, 0.15) is 5.75 Å². The lowest BCUT2D eigenvalue weighted by Gasteiger charge is -2.42. The van der Waals surface area contributed by atoms with Crippen LogP contribution in [0.15, 0.2) is 22.7 Å². The first-order valence-electron chi connectivity index (χ1n) is 9.68. The minimum Gasteiger partial charge on any atom is -0.497 e. The van der Waals surface area contributed by atoms with Crippen LogP contribution in [0.4, 0.5) is 0 Å². The van der Waals surface area contributed by atoms with Crippen molar-refractivity contribution in [1.82, 2.24) is 15.0 Å². The molecule has 0 saturated heterocycles. The van der Waals surface area contributed by atoms with Crippen LogP contribution in [-0.4, -0.2) is 28.2 Å². The first-order valence-corrected chi connectivity index (χ1v) is 9.68. The summed E-state index contributed by atoms with van der Waals surface area (Å²) >= 11 is 0. The molecule has 0 amide bonds. The lowest BCUT2D eigenvalue weighted by molar-refractivity contribution is 0.0877. The number of halogens is 1. The molecule has 0 radical (unpaired) electrons. The molecule has 2 aliphatic rings. The van der Waals surface area contributed by atoms with E-state index in [1.165, 1.54) is 43.2 Å². The SMILES string of the molecule is COc1ccc2c(c1)CN(Cc1noc(CN)n1)C(C1CCCCC1)C2.Cl. The van der Waals surface area contributed by atoms with Crippen molar-refractivity contribution in [1.29, 1.82) is 0 Å². The molecule has 6 nitrogen and oxygen atoms in total. The molecule has 0 bridgehead atoms. The van der Waals surface area contributed by atoms with Crippen LogP contribution in [0.3, 0.4) is 0 Å². The third-order valence-electron chi connectivity index (χ3n) is 5.91. The molecule has 0 spiro atoms. The van der Waals surface area contributed by atoms with Gasteiger partial charge < -0.3 is 15.0 Å². The molecule has 2 N–H and O–H groups in total. The predicted molar refractivity (Wildman–Crippen MR) is 106 cm³/mol. The van der Waals surface area contributed by atoms with Gasteiger partial charge in [-0.15, -0.1) is 12.4 Å². The highest BCUT2D eigenvalue weighted by molar-refractivity contribution is 5.85. The minimum absolute atomic E-state index is 0. The molecule has 1 aromatic heterocycles. The summed E-state index contributed by atoms with van der Waals surface area (Å²) in [4.78, 5) is 6.95. The van der Waals surface area contributed by atoms with Crippen LogP contribution in [0, 0.1) is 5.92 Å². The number of nitrogens with zero attached hydrogens (tertiary/aromatic N) is 3. The summed E-state index contributed by atoms with van der Waals surface area (Å²) in [6.45, 7) is 1.90. The van der Waals surface area contributed by atoms with Gasteiger partial charge in [0.15, 0.2) is 5.82 Å². The molecule has 2 aromatic rings. The summed E-state index contributed by atoms with van der Waals surface area (Å²) in [6.07, 6.45) is 7.82. The van der Waals surface area contributed by atoms with Crippen molar-refractivity contribution in [3.63, 3.8) is 0 Å². The largest absolute Gasteiger partial charge is 0.497 e. The summed E-state index contributed by atoms with van der Waals surface area (Å²) in [5, 5.41) is 4.12. The van der Waals surface area contributed by atoms with E-state index in [2.05, 4.69) is 33.2 Å². The minimum atomic E-state index is 0. The number of hydrogen-bond donors (Lipinski definition) is 1. The molecule has 7 heteroatoms. The zero-order chi connectivity index (χ0) is 17.9. The number of nitrogens with two attached hydrogens (primary N) is 1. The van der Waals surface area contributed by atoms with Gasteiger partial charge in [0.05, 0.1) is 20.2 Å². The number of methoxy groups -OCH3 is 1. The van der Waals surface area contributed by atoms with Gasteiger partial charge in [-0.05, 0) is 48.4 Å². The zero-order valence-electron chi connectivity index (χ0n) is 15.9. The molecule has 1 aliphatic carbocycles. The first-order chi connectivity index (χ1) is 12.8. The molecule has 1 atom stereocenters. The lowest BCUT2D eigenvalue weighted by atomic mass is 9.78. The van der Waals surface area contributed by atoms with E-state index < -0.39 is 0 Å². The summed E-state index contributed by atoms with van der Waals surface area (Å²) in [5.41, 5.74) is 8.41. The van der Waals surface area contributed by atoms with Gasteiger partial charge in [0.25, 0.3) is 0 Å². The number of hydrogen-bond acceptors (Lipinski definition) is 6. The van der Waals surface area contributed by atoms with E-state index in [1.54, 1.807) is 7.11 Å². The van der Waals surface area contributed by atoms with Gasteiger partial charge in [0, 0.05) is 12.6 Å². The molecular formula is C20H29ClN4O2. The Morgan fingerprint density at radius 3 is 2.74 bits per heavy atom. The average molecular weight is 393 g/mol. The third kappa shape index (κ3) is 4.45. The maximum Gasteiger partial charge on any atom is 0.240 e. The van der Waals surface area contributed by atoms with E-state index in [0.29, 0.717) is 25.0 Å². The van der Waals surface area contributed by atoms with Gasteiger partial charge in [-0.2, -0.15) is 4.98 Å². The standard InChI is InChI=1S/C20H28N4O2.ClH/c1-25-17-8-7-15-10-18(14-5-3-2-4-6-14)24(12-16(15)9-17)13-19-22-20(11-21)26-23-19;/h7-9,14,18H,2-6,10-13,21H2,1H3;1H. The van der Waals surface area contributed by atoms with E-state index in [0.717, 1.165) is 30.5 Å². The predicted octanol–water partition coefficient (Wildman–Crippen LogP) is 3.47. The maximum absolute atomic E-state index is 5.61. The van der Waals surface area contributed by atoms with Crippen LogP contribution in [0.25, 0.3) is 0 Å². The Hall–Kier alpha value is -1.63. The van der Waals surface area contributed by atoms with Gasteiger partial charge in [-0.3, -0.25) is 4.90 Å². The Labute approximate surface area is 166 Å². The van der Waals surface area contributed by atoms with Crippen molar-refractivity contribution < 1.29 is 9.26 Å². The number of benzene rings is 1. The van der Waals surface area contributed by atoms with Gasteiger partial charge in [-0.25, -0.2) is 0 Å². The quantitative estimate of drug-likeness (QED) is 0.839. The van der Waals surface area contributed by atoms with Crippen molar-refractivity contribution in [3.05, 3.63) is 41.0 Å². The molecule has 1 saturated carbocycles. The molecule has 1 aromatic carbocycles. The molecule has 1 fully saturated rings. The average Bonchev–Trinajstić information content (AvgIpc) is 3.15. The van der Waals surface area contributed by atoms with Crippen molar-refractivity contribution in [2.45, 2.75) is 64.2 Å². The third-order valence-corrected chi connectivity index (χ3v) is 5.91. The topological polar surface area (TPSA) is 77.4 Å². The van der Waals surface area contributed by atoms with Crippen molar-refractivity contribution in [2.24, 2.45) is 11.7 Å². The van der Waals surface area contributed by atoms with Crippen molar-refractivity contribution >= 4 is 12.4 Å². The lowest BCUT2D eigenvalue weighted by Crippen LogP contribution is -2.45. The smallest absolute Gasteiger partial charge is 0.240 e. The Bertz CT molecular complexity index is 745. The molecular weight excluding hydrogens is 364 g/mol. The highest BCUT2D eigenvalue weighted by Gasteiger charge is 2.33. The van der Waals surface area contributed by atoms with Gasteiger partial charge in [-0.1, -0.05) is 30.5 Å².